The summed E-state index contributed by atoms with van der Waals surface area (Å²) in [5.74, 6) is 0.517. The maximum absolute atomic E-state index is 11.9. The number of nitrogens with zero attached hydrogens (tertiary/aromatic N) is 2. The molecule has 0 unspecified atom stereocenters. The number of thioether (sulfide) groups is 1. The zero-order valence-electron chi connectivity index (χ0n) is 12.0. The molecule has 1 aliphatic rings. The molecule has 2 aromatic rings. The molecule has 3 rings (SSSR count). The molecule has 0 bridgehead atoms. The summed E-state index contributed by atoms with van der Waals surface area (Å²) in [5.41, 5.74) is 2.00. The summed E-state index contributed by atoms with van der Waals surface area (Å²) in [7, 11) is 0. The van der Waals surface area contributed by atoms with Gasteiger partial charge in [0.25, 0.3) is 5.22 Å². The molecule has 0 saturated heterocycles. The average molecular weight is 303 g/mol. The number of rotatable bonds is 5. The van der Waals surface area contributed by atoms with E-state index >= 15 is 0 Å². The van der Waals surface area contributed by atoms with Crippen LogP contribution < -0.4 is 5.32 Å². The minimum Gasteiger partial charge on any atom is -0.411 e. The van der Waals surface area contributed by atoms with Crippen LogP contribution in [0.2, 0.25) is 0 Å². The number of aromatic nitrogens is 2. The zero-order valence-corrected chi connectivity index (χ0v) is 12.8. The van der Waals surface area contributed by atoms with E-state index in [1.807, 2.05) is 38.1 Å². The van der Waals surface area contributed by atoms with E-state index < -0.39 is 0 Å². The minimum atomic E-state index is -0.240. The molecule has 0 aliphatic heterocycles. The second-order valence-corrected chi connectivity index (χ2v) is 6.52. The molecule has 0 spiro atoms. The molecule has 5 nitrogen and oxygen atoms in total. The number of hydrogen-bond donors (Lipinski definition) is 1. The first-order valence-electron chi connectivity index (χ1n) is 7.00. The highest BCUT2D eigenvalue weighted by atomic mass is 32.2. The molecule has 1 atom stereocenters. The molecule has 1 N–H and O–H groups in total. The van der Waals surface area contributed by atoms with Gasteiger partial charge in [-0.2, -0.15) is 0 Å². The van der Waals surface area contributed by atoms with Crippen molar-refractivity contribution in [3.05, 3.63) is 29.8 Å². The van der Waals surface area contributed by atoms with Gasteiger partial charge in [0.2, 0.25) is 11.8 Å². The van der Waals surface area contributed by atoms with Gasteiger partial charge >= 0.3 is 0 Å². The topological polar surface area (TPSA) is 68.0 Å². The molecule has 1 saturated carbocycles. The Balaban J connectivity index is 1.67. The summed E-state index contributed by atoms with van der Waals surface area (Å²) in [6.45, 7) is 3.85. The van der Waals surface area contributed by atoms with Crippen LogP contribution in [0.25, 0.3) is 11.5 Å². The molecule has 1 aromatic carbocycles. The fourth-order valence-corrected chi connectivity index (χ4v) is 2.62. The van der Waals surface area contributed by atoms with Gasteiger partial charge in [0.05, 0.1) is 5.25 Å². The highest BCUT2D eigenvalue weighted by Gasteiger charge is 2.27. The van der Waals surface area contributed by atoms with Gasteiger partial charge in [-0.25, -0.2) is 0 Å². The summed E-state index contributed by atoms with van der Waals surface area (Å²) >= 11 is 1.29. The predicted octanol–water partition coefficient (Wildman–Crippen LogP) is 2.80. The molecular weight excluding hydrogens is 286 g/mol. The van der Waals surface area contributed by atoms with E-state index in [0.29, 0.717) is 17.2 Å². The smallest absolute Gasteiger partial charge is 0.277 e. The van der Waals surface area contributed by atoms with E-state index in [2.05, 4.69) is 15.5 Å². The van der Waals surface area contributed by atoms with Crippen molar-refractivity contribution in [2.24, 2.45) is 0 Å². The Morgan fingerprint density at radius 3 is 2.86 bits per heavy atom. The second-order valence-electron chi connectivity index (χ2n) is 5.23. The highest BCUT2D eigenvalue weighted by Crippen LogP contribution is 2.28. The Hall–Kier alpha value is -1.82. The van der Waals surface area contributed by atoms with Crippen molar-refractivity contribution in [3.63, 3.8) is 0 Å². The number of hydrogen-bond acceptors (Lipinski definition) is 5. The van der Waals surface area contributed by atoms with Crippen molar-refractivity contribution >= 4 is 17.7 Å². The van der Waals surface area contributed by atoms with Gasteiger partial charge in [-0.1, -0.05) is 30.0 Å². The fraction of sp³-hybridized carbons (Fsp3) is 0.400. The normalized spacial score (nSPS) is 15.7. The lowest BCUT2D eigenvalue weighted by molar-refractivity contribution is -0.120. The molecule has 1 aromatic heterocycles. The highest BCUT2D eigenvalue weighted by molar-refractivity contribution is 8.00. The van der Waals surface area contributed by atoms with Crippen LogP contribution in [0.3, 0.4) is 0 Å². The van der Waals surface area contributed by atoms with Crippen molar-refractivity contribution < 1.29 is 9.21 Å². The predicted molar refractivity (Wildman–Crippen MR) is 81.0 cm³/mol. The van der Waals surface area contributed by atoms with Gasteiger partial charge in [-0.05, 0) is 38.3 Å². The number of nitrogens with one attached hydrogen (secondary N) is 1. The number of benzene rings is 1. The standard InChI is InChI=1S/C15H17N3O2S/c1-9-5-3-4-6-12(9)14-17-18-15(20-14)21-10(2)13(19)16-11-7-8-11/h3-6,10-11H,7-8H2,1-2H3,(H,16,19)/t10-/m1/s1. The van der Waals surface area contributed by atoms with Crippen LogP contribution in [0.4, 0.5) is 0 Å². The lowest BCUT2D eigenvalue weighted by Crippen LogP contribution is -2.32. The third kappa shape index (κ3) is 3.44. The summed E-state index contributed by atoms with van der Waals surface area (Å²) in [5, 5.41) is 11.2. The molecular formula is C15H17N3O2S. The van der Waals surface area contributed by atoms with Crippen molar-refractivity contribution in [3.8, 4) is 11.5 Å². The van der Waals surface area contributed by atoms with Gasteiger partial charge < -0.3 is 9.73 Å². The molecule has 21 heavy (non-hydrogen) atoms. The summed E-state index contributed by atoms with van der Waals surface area (Å²) in [6, 6.07) is 8.21. The van der Waals surface area contributed by atoms with E-state index in [0.717, 1.165) is 24.0 Å². The molecule has 1 amide bonds. The fourth-order valence-electron chi connectivity index (χ4n) is 1.93. The average Bonchev–Trinajstić information content (AvgIpc) is 3.16. The van der Waals surface area contributed by atoms with Crippen LogP contribution in [-0.4, -0.2) is 27.4 Å². The third-order valence-corrected chi connectivity index (χ3v) is 4.29. The van der Waals surface area contributed by atoms with Crippen LogP contribution in [0.1, 0.15) is 25.3 Å². The van der Waals surface area contributed by atoms with Crippen molar-refractivity contribution in [1.82, 2.24) is 15.5 Å². The number of carbonyl (C=O) groups is 1. The van der Waals surface area contributed by atoms with Gasteiger partial charge in [0.15, 0.2) is 0 Å². The SMILES string of the molecule is Cc1ccccc1-c1nnc(S[C@H](C)C(=O)NC2CC2)o1. The van der Waals surface area contributed by atoms with E-state index in [1.54, 1.807) is 0 Å². The maximum Gasteiger partial charge on any atom is 0.277 e. The summed E-state index contributed by atoms with van der Waals surface area (Å²) in [4.78, 5) is 11.9. The Labute approximate surface area is 127 Å². The van der Waals surface area contributed by atoms with Gasteiger partial charge in [-0.15, -0.1) is 10.2 Å². The van der Waals surface area contributed by atoms with Gasteiger partial charge in [-0.3, -0.25) is 4.79 Å². The Bertz CT molecular complexity index is 652. The van der Waals surface area contributed by atoms with Crippen molar-refractivity contribution in [2.45, 2.75) is 43.2 Å². The molecule has 1 fully saturated rings. The molecule has 6 heteroatoms. The molecule has 110 valence electrons. The lowest BCUT2D eigenvalue weighted by Gasteiger charge is -2.08. The van der Waals surface area contributed by atoms with E-state index in [4.69, 9.17) is 4.42 Å². The molecule has 1 aliphatic carbocycles. The van der Waals surface area contributed by atoms with Crippen LogP contribution in [0, 0.1) is 6.92 Å². The largest absolute Gasteiger partial charge is 0.411 e. The Morgan fingerprint density at radius 2 is 2.14 bits per heavy atom. The Kier molecular flexibility index (Phi) is 3.96. The summed E-state index contributed by atoms with van der Waals surface area (Å²) in [6.07, 6.45) is 2.17. The van der Waals surface area contributed by atoms with Crippen LogP contribution >= 0.6 is 11.8 Å². The van der Waals surface area contributed by atoms with Crippen molar-refractivity contribution in [2.75, 3.05) is 0 Å². The van der Waals surface area contributed by atoms with Crippen molar-refractivity contribution in [1.29, 1.82) is 0 Å². The number of amides is 1. The molecule has 1 heterocycles. The van der Waals surface area contributed by atoms with E-state index in [1.165, 1.54) is 11.8 Å². The van der Waals surface area contributed by atoms with Crippen LogP contribution in [0.5, 0.6) is 0 Å². The van der Waals surface area contributed by atoms with Gasteiger partial charge in [0, 0.05) is 11.6 Å². The quantitative estimate of drug-likeness (QED) is 0.860. The first-order chi connectivity index (χ1) is 10.1. The second kappa shape index (κ2) is 5.89. The minimum absolute atomic E-state index is 0.0261. The van der Waals surface area contributed by atoms with Crippen LogP contribution in [0.15, 0.2) is 33.9 Å². The zero-order chi connectivity index (χ0) is 14.8. The van der Waals surface area contributed by atoms with Gasteiger partial charge in [0.1, 0.15) is 0 Å². The monoisotopic (exact) mass is 303 g/mol. The maximum atomic E-state index is 11.9. The first-order valence-corrected chi connectivity index (χ1v) is 7.88. The van der Waals surface area contributed by atoms with Crippen LogP contribution in [-0.2, 0) is 4.79 Å². The molecule has 0 radical (unpaired) electrons. The lowest BCUT2D eigenvalue weighted by atomic mass is 10.1. The van der Waals surface area contributed by atoms with E-state index in [-0.39, 0.29) is 11.2 Å². The van der Waals surface area contributed by atoms with E-state index in [9.17, 15) is 4.79 Å². The Morgan fingerprint density at radius 1 is 1.38 bits per heavy atom. The third-order valence-electron chi connectivity index (χ3n) is 3.35. The number of aryl methyl sites for hydroxylation is 1. The summed E-state index contributed by atoms with van der Waals surface area (Å²) < 4.78 is 5.65. The number of carbonyl (C=O) groups excluding carboxylic acids is 1. The first kappa shape index (κ1) is 14.1.